The smallest absolute Gasteiger partial charge is 0.137 e. The van der Waals surface area contributed by atoms with Crippen LogP contribution in [0.1, 0.15) is 16.3 Å². The van der Waals surface area contributed by atoms with Gasteiger partial charge < -0.3 is 4.40 Å². The maximum atomic E-state index is 4.65. The van der Waals surface area contributed by atoms with Crippen molar-refractivity contribution in [3.05, 3.63) is 40.8 Å². The van der Waals surface area contributed by atoms with Gasteiger partial charge in [-0.3, -0.25) is 0 Å². The van der Waals surface area contributed by atoms with Crippen LogP contribution in [0.2, 0.25) is 0 Å². The zero-order valence-electron chi connectivity index (χ0n) is 10.1. The molecule has 0 bridgehead atoms. The molecule has 0 spiro atoms. The minimum absolute atomic E-state index is 0.991. The van der Waals surface area contributed by atoms with Crippen molar-refractivity contribution in [1.82, 2.24) is 14.4 Å². The zero-order valence-corrected chi connectivity index (χ0v) is 10.9. The van der Waals surface area contributed by atoms with Crippen LogP contribution < -0.4 is 0 Å². The van der Waals surface area contributed by atoms with Crippen LogP contribution in [-0.4, -0.2) is 14.4 Å². The first kappa shape index (κ1) is 10.5. The van der Waals surface area contributed by atoms with E-state index in [1.165, 1.54) is 10.4 Å². The third-order valence-electron chi connectivity index (χ3n) is 2.75. The van der Waals surface area contributed by atoms with E-state index < -0.39 is 0 Å². The predicted molar refractivity (Wildman–Crippen MR) is 70.5 cm³/mol. The summed E-state index contributed by atoms with van der Waals surface area (Å²) in [6, 6.07) is 4.18. The number of rotatable bonds is 1. The number of thiazole rings is 1. The minimum atomic E-state index is 0.991. The van der Waals surface area contributed by atoms with Gasteiger partial charge in [-0.05, 0) is 38.5 Å². The molecular weight excluding hydrogens is 230 g/mol. The van der Waals surface area contributed by atoms with Crippen molar-refractivity contribution in [3.63, 3.8) is 0 Å². The number of imidazole rings is 1. The molecule has 3 heterocycles. The number of aromatic nitrogens is 3. The highest BCUT2D eigenvalue weighted by atomic mass is 32.1. The minimum Gasteiger partial charge on any atom is -0.306 e. The Hall–Kier alpha value is -1.68. The van der Waals surface area contributed by atoms with Gasteiger partial charge in [0.05, 0.1) is 15.6 Å². The van der Waals surface area contributed by atoms with E-state index >= 15 is 0 Å². The van der Waals surface area contributed by atoms with Gasteiger partial charge in [-0.25, -0.2) is 9.97 Å². The van der Waals surface area contributed by atoms with Crippen molar-refractivity contribution in [2.75, 3.05) is 0 Å². The largest absolute Gasteiger partial charge is 0.306 e. The SMILES string of the molecule is Cc1ccn2cc(-c3sc(C)nc3C)nc2c1. The molecule has 4 heteroatoms. The molecule has 3 aromatic rings. The predicted octanol–water partition coefficient (Wildman–Crippen LogP) is 3.38. The second kappa shape index (κ2) is 3.67. The van der Waals surface area contributed by atoms with Crippen molar-refractivity contribution < 1.29 is 0 Å². The van der Waals surface area contributed by atoms with Crippen LogP contribution in [-0.2, 0) is 0 Å². The van der Waals surface area contributed by atoms with Gasteiger partial charge in [-0.1, -0.05) is 0 Å². The summed E-state index contributed by atoms with van der Waals surface area (Å²) >= 11 is 1.70. The van der Waals surface area contributed by atoms with Crippen LogP contribution in [0.5, 0.6) is 0 Å². The Morgan fingerprint density at radius 2 is 2.00 bits per heavy atom. The molecule has 0 N–H and O–H groups in total. The maximum absolute atomic E-state index is 4.65. The van der Waals surface area contributed by atoms with Gasteiger partial charge in [0.15, 0.2) is 0 Å². The summed E-state index contributed by atoms with van der Waals surface area (Å²) in [5, 5.41) is 1.09. The van der Waals surface area contributed by atoms with Crippen molar-refractivity contribution in [2.24, 2.45) is 0 Å². The molecule has 3 rings (SSSR count). The third-order valence-corrected chi connectivity index (χ3v) is 3.85. The molecule has 0 fully saturated rings. The van der Waals surface area contributed by atoms with Gasteiger partial charge >= 0.3 is 0 Å². The highest BCUT2D eigenvalue weighted by Gasteiger charge is 2.11. The van der Waals surface area contributed by atoms with E-state index in [0.717, 1.165) is 22.0 Å². The monoisotopic (exact) mass is 243 g/mol. The molecule has 0 aliphatic heterocycles. The molecule has 0 radical (unpaired) electrons. The Morgan fingerprint density at radius 1 is 1.18 bits per heavy atom. The number of aryl methyl sites for hydroxylation is 3. The van der Waals surface area contributed by atoms with E-state index in [9.17, 15) is 0 Å². The normalized spacial score (nSPS) is 11.2. The molecule has 3 aromatic heterocycles. The van der Waals surface area contributed by atoms with Crippen LogP contribution >= 0.6 is 11.3 Å². The van der Waals surface area contributed by atoms with E-state index in [1.54, 1.807) is 11.3 Å². The third kappa shape index (κ3) is 1.74. The number of pyridine rings is 1. The summed E-state index contributed by atoms with van der Waals surface area (Å²) in [6.07, 6.45) is 4.11. The summed E-state index contributed by atoms with van der Waals surface area (Å²) < 4.78 is 2.05. The van der Waals surface area contributed by atoms with Gasteiger partial charge in [-0.2, -0.15) is 0 Å². The molecule has 0 saturated heterocycles. The maximum Gasteiger partial charge on any atom is 0.137 e. The fourth-order valence-electron chi connectivity index (χ4n) is 1.96. The molecule has 0 aliphatic rings. The number of hydrogen-bond donors (Lipinski definition) is 0. The lowest BCUT2D eigenvalue weighted by Crippen LogP contribution is -1.81. The first-order chi connectivity index (χ1) is 8.13. The standard InChI is InChI=1S/C13H13N3S/c1-8-4-5-16-7-11(15-12(16)6-8)13-9(2)14-10(3)17-13/h4-7H,1-3H3. The lowest BCUT2D eigenvalue weighted by molar-refractivity contribution is 1.17. The fourth-order valence-corrected chi connectivity index (χ4v) is 2.84. The van der Waals surface area contributed by atoms with Crippen LogP contribution in [0.25, 0.3) is 16.2 Å². The van der Waals surface area contributed by atoms with Crippen molar-refractivity contribution >= 4 is 17.0 Å². The van der Waals surface area contributed by atoms with Gasteiger partial charge in [0.1, 0.15) is 11.3 Å². The highest BCUT2D eigenvalue weighted by molar-refractivity contribution is 7.15. The summed E-state index contributed by atoms with van der Waals surface area (Å²) in [4.78, 5) is 10.3. The molecular formula is C13H13N3S. The first-order valence-corrected chi connectivity index (χ1v) is 6.35. The summed E-state index contributed by atoms with van der Waals surface area (Å²) in [7, 11) is 0. The average molecular weight is 243 g/mol. The molecule has 86 valence electrons. The Bertz CT molecular complexity index is 694. The lowest BCUT2D eigenvalue weighted by atomic mass is 10.3. The Morgan fingerprint density at radius 3 is 2.71 bits per heavy atom. The topological polar surface area (TPSA) is 30.2 Å². The van der Waals surface area contributed by atoms with Crippen LogP contribution in [0, 0.1) is 20.8 Å². The summed E-state index contributed by atoms with van der Waals surface area (Å²) in [5.41, 5.74) is 4.30. The second-order valence-corrected chi connectivity index (χ2v) is 5.45. The van der Waals surface area contributed by atoms with Crippen LogP contribution in [0.15, 0.2) is 24.5 Å². The lowest BCUT2D eigenvalue weighted by Gasteiger charge is -1.92. The number of hydrogen-bond acceptors (Lipinski definition) is 3. The van der Waals surface area contributed by atoms with E-state index in [2.05, 4.69) is 39.6 Å². The van der Waals surface area contributed by atoms with E-state index in [4.69, 9.17) is 0 Å². The van der Waals surface area contributed by atoms with Crippen LogP contribution in [0.4, 0.5) is 0 Å². The van der Waals surface area contributed by atoms with Crippen LogP contribution in [0.3, 0.4) is 0 Å². The quantitative estimate of drug-likeness (QED) is 0.656. The molecule has 0 amide bonds. The van der Waals surface area contributed by atoms with Gasteiger partial charge in [0.2, 0.25) is 0 Å². The second-order valence-electron chi connectivity index (χ2n) is 4.24. The molecule has 17 heavy (non-hydrogen) atoms. The van der Waals surface area contributed by atoms with Gasteiger partial charge in [-0.15, -0.1) is 11.3 Å². The average Bonchev–Trinajstić information content (AvgIpc) is 2.80. The fraction of sp³-hybridized carbons (Fsp3) is 0.231. The Kier molecular flexibility index (Phi) is 2.26. The van der Waals surface area contributed by atoms with Crippen molar-refractivity contribution in [2.45, 2.75) is 20.8 Å². The zero-order chi connectivity index (χ0) is 12.0. The summed E-state index contributed by atoms with van der Waals surface area (Å²) in [6.45, 7) is 6.14. The van der Waals surface area contributed by atoms with E-state index in [1.807, 2.05) is 20.0 Å². The highest BCUT2D eigenvalue weighted by Crippen LogP contribution is 2.29. The number of fused-ring (bicyclic) bond motifs is 1. The van der Waals surface area contributed by atoms with Crippen molar-refractivity contribution in [1.29, 1.82) is 0 Å². The molecule has 0 atom stereocenters. The Labute approximate surface area is 104 Å². The molecule has 0 unspecified atom stereocenters. The van der Waals surface area contributed by atoms with E-state index in [0.29, 0.717) is 0 Å². The van der Waals surface area contributed by atoms with Gasteiger partial charge in [0.25, 0.3) is 0 Å². The molecule has 0 saturated carbocycles. The van der Waals surface area contributed by atoms with Gasteiger partial charge in [0, 0.05) is 12.4 Å². The first-order valence-electron chi connectivity index (χ1n) is 5.53. The molecule has 0 aliphatic carbocycles. The molecule has 3 nitrogen and oxygen atoms in total. The Balaban J connectivity index is 2.21. The van der Waals surface area contributed by atoms with Crippen molar-refractivity contribution in [3.8, 4) is 10.6 Å². The molecule has 0 aromatic carbocycles. The van der Waals surface area contributed by atoms with E-state index in [-0.39, 0.29) is 0 Å². The summed E-state index contributed by atoms with van der Waals surface area (Å²) in [5.74, 6) is 0. The number of nitrogens with zero attached hydrogens (tertiary/aromatic N) is 3.